The van der Waals surface area contributed by atoms with Crippen LogP contribution >= 0.6 is 11.8 Å². The van der Waals surface area contributed by atoms with Gasteiger partial charge in [-0.2, -0.15) is 8.42 Å². The molecule has 5 nitrogen and oxygen atoms in total. The van der Waals surface area contributed by atoms with Crippen LogP contribution in [0.4, 0.5) is 0 Å². The Morgan fingerprint density at radius 2 is 2.19 bits per heavy atom. The molecule has 0 fully saturated rings. The van der Waals surface area contributed by atoms with Gasteiger partial charge in [0.15, 0.2) is 5.78 Å². The monoisotopic (exact) mass is 265 g/mol. The number of thioether (sulfide) groups is 1. The summed E-state index contributed by atoms with van der Waals surface area (Å²) < 4.78 is 26.1. The van der Waals surface area contributed by atoms with Crippen LogP contribution in [0.5, 0.6) is 0 Å². The lowest BCUT2D eigenvalue weighted by Crippen LogP contribution is -2.26. The fourth-order valence-electron chi connectivity index (χ4n) is 1.25. The number of ketones is 1. The number of carbonyl (C=O) groups excluding carboxylic acids is 1. The van der Waals surface area contributed by atoms with E-state index in [1.807, 2.05) is 6.92 Å². The molecule has 0 saturated heterocycles. The standard InChI is InChI=1S/C9H15NO4S2/c1-6-8(4-5-14-16(3,12)13)15-9(10-6)7(2)11/h9-10H,4-5H2,1-3H3. The van der Waals surface area contributed by atoms with Crippen LogP contribution in [-0.4, -0.2) is 32.4 Å². The smallest absolute Gasteiger partial charge is 0.264 e. The number of Topliss-reactive ketones (excluding diaryl/α,β-unsaturated/α-hetero) is 1. The van der Waals surface area contributed by atoms with Crippen molar-refractivity contribution in [2.45, 2.75) is 25.6 Å². The summed E-state index contributed by atoms with van der Waals surface area (Å²) in [6.07, 6.45) is 1.52. The van der Waals surface area contributed by atoms with Crippen LogP contribution in [0, 0.1) is 0 Å². The second-order valence-corrected chi connectivity index (χ2v) is 6.42. The van der Waals surface area contributed by atoms with Gasteiger partial charge in [0.2, 0.25) is 0 Å². The number of allylic oxidation sites excluding steroid dienone is 1. The van der Waals surface area contributed by atoms with Crippen LogP contribution in [0.15, 0.2) is 10.6 Å². The molecule has 1 unspecified atom stereocenters. The quantitative estimate of drug-likeness (QED) is 0.743. The summed E-state index contributed by atoms with van der Waals surface area (Å²) in [5.74, 6) is 0.0587. The Balaban J connectivity index is 2.44. The molecule has 0 aromatic rings. The van der Waals surface area contributed by atoms with E-state index >= 15 is 0 Å². The Labute approximate surface area is 99.7 Å². The average molecular weight is 265 g/mol. The Kier molecular flexibility index (Phi) is 4.40. The van der Waals surface area contributed by atoms with E-state index in [0.717, 1.165) is 16.9 Å². The normalized spacial score (nSPS) is 21.1. The molecule has 0 aromatic carbocycles. The van der Waals surface area contributed by atoms with Crippen molar-refractivity contribution in [3.8, 4) is 0 Å². The predicted molar refractivity (Wildman–Crippen MR) is 63.3 cm³/mol. The first-order valence-corrected chi connectivity index (χ1v) is 7.47. The van der Waals surface area contributed by atoms with Crippen molar-refractivity contribution in [3.63, 3.8) is 0 Å². The summed E-state index contributed by atoms with van der Waals surface area (Å²) in [6.45, 7) is 3.50. The molecule has 0 saturated carbocycles. The van der Waals surface area contributed by atoms with Crippen LogP contribution in [0.25, 0.3) is 0 Å². The maximum atomic E-state index is 11.1. The van der Waals surface area contributed by atoms with Gasteiger partial charge in [-0.25, -0.2) is 0 Å². The highest BCUT2D eigenvalue weighted by atomic mass is 32.2. The molecule has 1 rings (SSSR count). The molecule has 0 bridgehead atoms. The third kappa shape index (κ3) is 4.15. The Morgan fingerprint density at radius 1 is 1.56 bits per heavy atom. The van der Waals surface area contributed by atoms with Crippen molar-refractivity contribution < 1.29 is 17.4 Å². The molecule has 0 aliphatic carbocycles. The second-order valence-electron chi connectivity index (χ2n) is 3.58. The van der Waals surface area contributed by atoms with E-state index in [-0.39, 0.29) is 17.8 Å². The van der Waals surface area contributed by atoms with Crippen molar-refractivity contribution in [2.24, 2.45) is 0 Å². The largest absolute Gasteiger partial charge is 0.370 e. The fraction of sp³-hybridized carbons (Fsp3) is 0.667. The van der Waals surface area contributed by atoms with Crippen LogP contribution < -0.4 is 5.32 Å². The first-order chi connectivity index (χ1) is 7.29. The summed E-state index contributed by atoms with van der Waals surface area (Å²) in [4.78, 5) is 12.1. The van der Waals surface area contributed by atoms with E-state index < -0.39 is 10.1 Å². The van der Waals surface area contributed by atoms with Gasteiger partial charge in [0, 0.05) is 17.0 Å². The number of hydrogen-bond donors (Lipinski definition) is 1. The summed E-state index contributed by atoms with van der Waals surface area (Å²) in [5, 5.41) is 2.80. The topological polar surface area (TPSA) is 72.5 Å². The Bertz CT molecular complexity index is 413. The third-order valence-corrected chi connectivity index (χ3v) is 4.10. The average Bonchev–Trinajstić information content (AvgIpc) is 2.46. The SMILES string of the molecule is CC(=O)C1NC(C)=C(CCOS(C)(=O)=O)S1. The first kappa shape index (κ1) is 13.5. The molecule has 1 N–H and O–H groups in total. The molecule has 1 atom stereocenters. The molecular formula is C9H15NO4S2. The lowest BCUT2D eigenvalue weighted by Gasteiger charge is -2.05. The van der Waals surface area contributed by atoms with Gasteiger partial charge in [-0.3, -0.25) is 8.98 Å². The van der Waals surface area contributed by atoms with Crippen LogP contribution in [0.2, 0.25) is 0 Å². The van der Waals surface area contributed by atoms with Gasteiger partial charge in [-0.1, -0.05) is 11.8 Å². The maximum absolute atomic E-state index is 11.1. The van der Waals surface area contributed by atoms with Gasteiger partial charge in [0.1, 0.15) is 5.37 Å². The van der Waals surface area contributed by atoms with Gasteiger partial charge < -0.3 is 5.32 Å². The molecule has 92 valence electrons. The van der Waals surface area contributed by atoms with Crippen LogP contribution in [0.1, 0.15) is 20.3 Å². The molecule has 0 aromatic heterocycles. The molecule has 0 spiro atoms. The van der Waals surface area contributed by atoms with Crippen molar-refractivity contribution in [3.05, 3.63) is 10.6 Å². The van der Waals surface area contributed by atoms with Crippen molar-refractivity contribution >= 4 is 27.7 Å². The highest BCUT2D eigenvalue weighted by Crippen LogP contribution is 2.32. The zero-order valence-electron chi connectivity index (χ0n) is 9.44. The number of carbonyl (C=O) groups is 1. The minimum absolute atomic E-state index is 0.0587. The molecule has 1 aliphatic heterocycles. The van der Waals surface area contributed by atoms with Crippen molar-refractivity contribution in [1.82, 2.24) is 5.32 Å². The number of hydrogen-bond acceptors (Lipinski definition) is 6. The van der Waals surface area contributed by atoms with Gasteiger partial charge in [0.25, 0.3) is 10.1 Å². The van der Waals surface area contributed by atoms with Crippen molar-refractivity contribution in [2.75, 3.05) is 12.9 Å². The van der Waals surface area contributed by atoms with Gasteiger partial charge in [-0.05, 0) is 13.8 Å². The molecule has 0 radical (unpaired) electrons. The summed E-state index contributed by atoms with van der Waals surface area (Å²) >= 11 is 1.42. The van der Waals surface area contributed by atoms with E-state index in [0.29, 0.717) is 6.42 Å². The first-order valence-electron chi connectivity index (χ1n) is 4.77. The molecule has 1 aliphatic rings. The minimum Gasteiger partial charge on any atom is -0.370 e. The number of rotatable bonds is 5. The van der Waals surface area contributed by atoms with E-state index in [2.05, 4.69) is 9.50 Å². The highest BCUT2D eigenvalue weighted by molar-refractivity contribution is 8.04. The second kappa shape index (κ2) is 5.20. The maximum Gasteiger partial charge on any atom is 0.264 e. The Morgan fingerprint density at radius 3 is 2.62 bits per heavy atom. The summed E-state index contributed by atoms with van der Waals surface area (Å²) in [7, 11) is -3.38. The van der Waals surface area contributed by atoms with E-state index in [1.54, 1.807) is 0 Å². The highest BCUT2D eigenvalue weighted by Gasteiger charge is 2.24. The molecule has 7 heteroatoms. The molecule has 0 amide bonds. The predicted octanol–water partition coefficient (Wildman–Crippen LogP) is 0.836. The van der Waals surface area contributed by atoms with E-state index in [4.69, 9.17) is 0 Å². The lowest BCUT2D eigenvalue weighted by atomic mass is 10.3. The van der Waals surface area contributed by atoms with Crippen LogP contribution in [-0.2, 0) is 19.1 Å². The molecule has 16 heavy (non-hydrogen) atoms. The summed E-state index contributed by atoms with van der Waals surface area (Å²) in [6, 6.07) is 0. The van der Waals surface area contributed by atoms with Gasteiger partial charge >= 0.3 is 0 Å². The molecule has 1 heterocycles. The lowest BCUT2D eigenvalue weighted by molar-refractivity contribution is -0.116. The minimum atomic E-state index is -3.38. The van der Waals surface area contributed by atoms with Crippen molar-refractivity contribution in [1.29, 1.82) is 0 Å². The van der Waals surface area contributed by atoms with Gasteiger partial charge in [0.05, 0.1) is 12.9 Å². The Hall–Kier alpha value is -0.530. The van der Waals surface area contributed by atoms with Crippen LogP contribution in [0.3, 0.4) is 0 Å². The number of nitrogens with one attached hydrogen (secondary N) is 1. The van der Waals surface area contributed by atoms with E-state index in [9.17, 15) is 13.2 Å². The third-order valence-electron chi connectivity index (χ3n) is 2.02. The molecular weight excluding hydrogens is 250 g/mol. The van der Waals surface area contributed by atoms with Gasteiger partial charge in [-0.15, -0.1) is 0 Å². The van der Waals surface area contributed by atoms with E-state index in [1.165, 1.54) is 18.7 Å². The fourth-order valence-corrected chi connectivity index (χ4v) is 2.76. The zero-order valence-corrected chi connectivity index (χ0v) is 11.1. The summed E-state index contributed by atoms with van der Waals surface area (Å²) in [5.41, 5.74) is 0.919. The zero-order chi connectivity index (χ0) is 12.3.